The highest BCUT2D eigenvalue weighted by Gasteiger charge is 2.04. The molecule has 1 fully saturated rings. The molecule has 53 valence electrons. The third kappa shape index (κ3) is 2.85. The summed E-state index contributed by atoms with van der Waals surface area (Å²) in [5.74, 6) is 0. The van der Waals surface area contributed by atoms with Gasteiger partial charge in [-0.3, -0.25) is 0 Å². The van der Waals surface area contributed by atoms with Crippen LogP contribution < -0.4 is 5.32 Å². The Balaban J connectivity index is 2.12. The first-order valence-electron chi connectivity index (χ1n) is 4.06. The van der Waals surface area contributed by atoms with Crippen LogP contribution in [0.4, 0.5) is 0 Å². The molecule has 1 aliphatic heterocycles. The molecule has 0 bridgehead atoms. The number of rotatable bonds is 0. The van der Waals surface area contributed by atoms with E-state index in [-0.39, 0.29) is 0 Å². The maximum Gasteiger partial charge on any atom is 0.0217 e. The van der Waals surface area contributed by atoms with Gasteiger partial charge >= 0.3 is 0 Å². The Kier molecular flexibility index (Phi) is 3.05. The molecule has 1 heteroatoms. The second-order valence-electron chi connectivity index (χ2n) is 2.96. The third-order valence-electron chi connectivity index (χ3n) is 1.97. The SMILES string of the molecule is CC1CCCCCC[N]1. The van der Waals surface area contributed by atoms with Crippen LogP contribution in [0.5, 0.6) is 0 Å². The van der Waals surface area contributed by atoms with E-state index in [9.17, 15) is 0 Å². The van der Waals surface area contributed by atoms with Gasteiger partial charge in [0.15, 0.2) is 0 Å². The van der Waals surface area contributed by atoms with E-state index in [0.717, 1.165) is 6.54 Å². The quantitative estimate of drug-likeness (QED) is 0.471. The molecule has 9 heavy (non-hydrogen) atoms. The van der Waals surface area contributed by atoms with Gasteiger partial charge in [0.25, 0.3) is 0 Å². The van der Waals surface area contributed by atoms with Gasteiger partial charge in [-0.15, -0.1) is 0 Å². The highest BCUT2D eigenvalue weighted by Crippen LogP contribution is 2.09. The van der Waals surface area contributed by atoms with Crippen LogP contribution >= 0.6 is 0 Å². The molecule has 1 heterocycles. The molecule has 0 aromatic carbocycles. The van der Waals surface area contributed by atoms with Crippen molar-refractivity contribution in [1.82, 2.24) is 5.32 Å². The second-order valence-corrected chi connectivity index (χ2v) is 2.96. The largest absolute Gasteiger partial charge is 0.239 e. The molecule has 0 amide bonds. The van der Waals surface area contributed by atoms with Crippen molar-refractivity contribution in [3.8, 4) is 0 Å². The van der Waals surface area contributed by atoms with Crippen LogP contribution in [0.15, 0.2) is 0 Å². The summed E-state index contributed by atoms with van der Waals surface area (Å²) < 4.78 is 0. The summed E-state index contributed by atoms with van der Waals surface area (Å²) in [7, 11) is 0. The van der Waals surface area contributed by atoms with E-state index in [1.54, 1.807) is 0 Å². The summed E-state index contributed by atoms with van der Waals surface area (Å²) in [6, 6.07) is 0.644. The van der Waals surface area contributed by atoms with Gasteiger partial charge in [-0.05, 0) is 19.8 Å². The molecule has 1 nitrogen and oxygen atoms in total. The minimum Gasteiger partial charge on any atom is -0.239 e. The molecule has 1 radical (unpaired) electrons. The van der Waals surface area contributed by atoms with Crippen molar-refractivity contribution in [1.29, 1.82) is 0 Å². The zero-order valence-electron chi connectivity index (χ0n) is 6.27. The van der Waals surface area contributed by atoms with Crippen LogP contribution in [0, 0.1) is 0 Å². The molecule has 1 rings (SSSR count). The second kappa shape index (κ2) is 3.89. The molecule has 0 spiro atoms. The predicted octanol–water partition coefficient (Wildman–Crippen LogP) is 1.94. The Morgan fingerprint density at radius 3 is 2.78 bits per heavy atom. The maximum absolute atomic E-state index is 4.48. The average molecular weight is 126 g/mol. The summed E-state index contributed by atoms with van der Waals surface area (Å²) in [6.07, 6.45) is 6.87. The summed E-state index contributed by atoms with van der Waals surface area (Å²) in [4.78, 5) is 0. The lowest BCUT2D eigenvalue weighted by Gasteiger charge is -2.14. The number of nitrogens with zero attached hydrogens (tertiary/aromatic N) is 1. The molecular weight excluding hydrogens is 110 g/mol. The van der Waals surface area contributed by atoms with Crippen LogP contribution in [0.2, 0.25) is 0 Å². The molecule has 0 N–H and O–H groups in total. The fourth-order valence-electron chi connectivity index (χ4n) is 1.31. The Hall–Kier alpha value is -0.0400. The van der Waals surface area contributed by atoms with Crippen LogP contribution in [0.25, 0.3) is 0 Å². The van der Waals surface area contributed by atoms with Crippen LogP contribution in [0.3, 0.4) is 0 Å². The van der Waals surface area contributed by atoms with E-state index >= 15 is 0 Å². The first-order chi connectivity index (χ1) is 4.39. The Morgan fingerprint density at radius 2 is 1.89 bits per heavy atom. The van der Waals surface area contributed by atoms with Crippen molar-refractivity contribution >= 4 is 0 Å². The van der Waals surface area contributed by atoms with Crippen molar-refractivity contribution in [2.24, 2.45) is 0 Å². The molecule has 1 aliphatic rings. The summed E-state index contributed by atoms with van der Waals surface area (Å²) in [6.45, 7) is 3.34. The van der Waals surface area contributed by atoms with E-state index in [1.807, 2.05) is 0 Å². The Labute approximate surface area is 57.8 Å². The molecule has 1 atom stereocenters. The molecule has 0 saturated carbocycles. The summed E-state index contributed by atoms with van der Waals surface area (Å²) in [5, 5.41) is 4.48. The average Bonchev–Trinajstić information content (AvgIpc) is 1.79. The normalized spacial score (nSPS) is 31.0. The van der Waals surface area contributed by atoms with Gasteiger partial charge in [0, 0.05) is 12.6 Å². The molecule has 0 aromatic heterocycles. The van der Waals surface area contributed by atoms with Gasteiger partial charge in [0.2, 0.25) is 0 Å². The molecule has 1 unspecified atom stereocenters. The van der Waals surface area contributed by atoms with Gasteiger partial charge in [-0.25, -0.2) is 5.32 Å². The van der Waals surface area contributed by atoms with Gasteiger partial charge in [-0.2, -0.15) is 0 Å². The zero-order chi connectivity index (χ0) is 6.53. The fourth-order valence-corrected chi connectivity index (χ4v) is 1.31. The van der Waals surface area contributed by atoms with Crippen LogP contribution in [0.1, 0.15) is 39.0 Å². The Morgan fingerprint density at radius 1 is 1.11 bits per heavy atom. The smallest absolute Gasteiger partial charge is 0.0217 e. The van der Waals surface area contributed by atoms with Crippen molar-refractivity contribution in [2.45, 2.75) is 45.1 Å². The van der Waals surface area contributed by atoms with Gasteiger partial charge in [0.1, 0.15) is 0 Å². The van der Waals surface area contributed by atoms with E-state index in [4.69, 9.17) is 0 Å². The third-order valence-corrected chi connectivity index (χ3v) is 1.97. The minimum atomic E-state index is 0.644. The molecular formula is C8H16N. The van der Waals surface area contributed by atoms with Crippen molar-refractivity contribution in [3.05, 3.63) is 0 Å². The lowest BCUT2D eigenvalue weighted by Crippen LogP contribution is -2.21. The molecule has 0 aliphatic carbocycles. The highest BCUT2D eigenvalue weighted by atomic mass is 14.9. The van der Waals surface area contributed by atoms with Crippen molar-refractivity contribution in [3.63, 3.8) is 0 Å². The van der Waals surface area contributed by atoms with E-state index in [0.29, 0.717) is 6.04 Å². The van der Waals surface area contributed by atoms with Crippen molar-refractivity contribution < 1.29 is 0 Å². The van der Waals surface area contributed by atoms with E-state index < -0.39 is 0 Å². The lowest BCUT2D eigenvalue weighted by molar-refractivity contribution is 0.431. The minimum absolute atomic E-state index is 0.644. The number of hydrogen-bond acceptors (Lipinski definition) is 0. The molecule has 1 saturated heterocycles. The topological polar surface area (TPSA) is 14.1 Å². The number of hydrogen-bond donors (Lipinski definition) is 0. The van der Waals surface area contributed by atoms with Gasteiger partial charge < -0.3 is 0 Å². The van der Waals surface area contributed by atoms with Crippen LogP contribution in [-0.2, 0) is 0 Å². The van der Waals surface area contributed by atoms with E-state index in [1.165, 1.54) is 32.1 Å². The summed E-state index contributed by atoms with van der Waals surface area (Å²) in [5.41, 5.74) is 0. The lowest BCUT2D eigenvalue weighted by atomic mass is 10.1. The zero-order valence-corrected chi connectivity index (χ0v) is 6.27. The van der Waals surface area contributed by atoms with Crippen LogP contribution in [-0.4, -0.2) is 12.6 Å². The standard InChI is InChI=1S/C8H16N/c1-8-6-4-2-3-5-7-9-8/h8H,2-7H2,1H3. The first kappa shape index (κ1) is 7.07. The monoisotopic (exact) mass is 126 g/mol. The first-order valence-corrected chi connectivity index (χ1v) is 4.06. The Bertz CT molecular complexity index is 63.0. The van der Waals surface area contributed by atoms with E-state index in [2.05, 4.69) is 12.2 Å². The molecule has 0 aromatic rings. The maximum atomic E-state index is 4.48. The summed E-state index contributed by atoms with van der Waals surface area (Å²) >= 11 is 0. The van der Waals surface area contributed by atoms with Gasteiger partial charge in [0.05, 0.1) is 0 Å². The van der Waals surface area contributed by atoms with Gasteiger partial charge in [-0.1, -0.05) is 19.3 Å². The predicted molar refractivity (Wildman–Crippen MR) is 39.5 cm³/mol. The fraction of sp³-hybridized carbons (Fsp3) is 1.00. The van der Waals surface area contributed by atoms with Crippen molar-refractivity contribution in [2.75, 3.05) is 6.54 Å². The highest BCUT2D eigenvalue weighted by molar-refractivity contribution is 4.63.